The number of anilines is 1. The van der Waals surface area contributed by atoms with Gasteiger partial charge < -0.3 is 9.73 Å². The van der Waals surface area contributed by atoms with Crippen LogP contribution in [0, 0.1) is 0 Å². The maximum absolute atomic E-state index is 13.1. The third-order valence-corrected chi connectivity index (χ3v) is 4.84. The van der Waals surface area contributed by atoms with Gasteiger partial charge >= 0.3 is 0 Å². The number of amides is 1. The van der Waals surface area contributed by atoms with Gasteiger partial charge in [-0.3, -0.25) is 4.79 Å². The Morgan fingerprint density at radius 1 is 1.06 bits per heavy atom. The SMILES string of the molecule is O=C(Nc1ccc(SC(F)F)cc1)C(=Cc1ccco1)n1nnnc1-c1ccccc1. The third-order valence-electron chi connectivity index (χ3n) is 4.12. The van der Waals surface area contributed by atoms with Gasteiger partial charge in [0.2, 0.25) is 0 Å². The molecule has 31 heavy (non-hydrogen) atoms. The maximum Gasteiger partial charge on any atom is 0.288 e. The van der Waals surface area contributed by atoms with E-state index in [0.29, 0.717) is 33.9 Å². The molecule has 0 aliphatic rings. The van der Waals surface area contributed by atoms with Gasteiger partial charge in [-0.1, -0.05) is 42.1 Å². The van der Waals surface area contributed by atoms with Gasteiger partial charge in [-0.15, -0.1) is 5.10 Å². The minimum Gasteiger partial charge on any atom is -0.465 e. The average Bonchev–Trinajstić information content (AvgIpc) is 3.45. The van der Waals surface area contributed by atoms with Crippen LogP contribution >= 0.6 is 11.8 Å². The van der Waals surface area contributed by atoms with E-state index in [0.717, 1.165) is 5.56 Å². The molecule has 4 rings (SSSR count). The highest BCUT2D eigenvalue weighted by Crippen LogP contribution is 2.27. The Balaban J connectivity index is 1.66. The summed E-state index contributed by atoms with van der Waals surface area (Å²) in [5.74, 6) is -2.21. The van der Waals surface area contributed by atoms with E-state index in [1.54, 1.807) is 24.3 Å². The van der Waals surface area contributed by atoms with Crippen molar-refractivity contribution in [1.29, 1.82) is 0 Å². The van der Waals surface area contributed by atoms with Crippen molar-refractivity contribution in [3.63, 3.8) is 0 Å². The first-order chi connectivity index (χ1) is 15.1. The lowest BCUT2D eigenvalue weighted by atomic mass is 10.2. The van der Waals surface area contributed by atoms with E-state index < -0.39 is 11.7 Å². The first-order valence-corrected chi connectivity index (χ1v) is 9.94. The van der Waals surface area contributed by atoms with Crippen molar-refractivity contribution < 1.29 is 18.0 Å². The Morgan fingerprint density at radius 2 is 1.84 bits per heavy atom. The lowest BCUT2D eigenvalue weighted by molar-refractivity contribution is -0.111. The number of aromatic nitrogens is 4. The Kier molecular flexibility index (Phi) is 6.18. The van der Waals surface area contributed by atoms with Gasteiger partial charge in [0.25, 0.3) is 11.7 Å². The summed E-state index contributed by atoms with van der Waals surface area (Å²) in [6, 6.07) is 18.7. The Bertz CT molecular complexity index is 1180. The zero-order valence-corrected chi connectivity index (χ0v) is 16.7. The molecular weight excluding hydrogens is 424 g/mol. The van der Waals surface area contributed by atoms with Crippen molar-refractivity contribution in [2.24, 2.45) is 0 Å². The second-order valence-corrected chi connectivity index (χ2v) is 7.25. The number of furan rings is 1. The molecule has 0 fully saturated rings. The number of benzene rings is 2. The van der Waals surface area contributed by atoms with Gasteiger partial charge in [-0.05, 0) is 46.8 Å². The first-order valence-electron chi connectivity index (χ1n) is 9.06. The zero-order chi connectivity index (χ0) is 21.6. The smallest absolute Gasteiger partial charge is 0.288 e. The van der Waals surface area contributed by atoms with E-state index in [-0.39, 0.29) is 5.70 Å². The summed E-state index contributed by atoms with van der Waals surface area (Å²) in [4.78, 5) is 13.5. The van der Waals surface area contributed by atoms with Crippen molar-refractivity contribution >= 4 is 35.1 Å². The van der Waals surface area contributed by atoms with E-state index in [9.17, 15) is 13.6 Å². The number of nitrogens with zero attached hydrogens (tertiary/aromatic N) is 4. The van der Waals surface area contributed by atoms with E-state index in [2.05, 4.69) is 20.8 Å². The summed E-state index contributed by atoms with van der Waals surface area (Å²) < 4.78 is 31.7. The highest BCUT2D eigenvalue weighted by molar-refractivity contribution is 7.99. The molecule has 0 radical (unpaired) electrons. The summed E-state index contributed by atoms with van der Waals surface area (Å²) >= 11 is 0.432. The fourth-order valence-electron chi connectivity index (χ4n) is 2.76. The molecule has 0 saturated carbocycles. The quantitative estimate of drug-likeness (QED) is 0.326. The summed E-state index contributed by atoms with van der Waals surface area (Å²) in [7, 11) is 0. The molecule has 0 aliphatic heterocycles. The molecule has 1 amide bonds. The number of thioether (sulfide) groups is 1. The molecule has 0 saturated heterocycles. The second-order valence-electron chi connectivity index (χ2n) is 6.18. The average molecular weight is 439 g/mol. The minimum absolute atomic E-state index is 0.116. The van der Waals surface area contributed by atoms with Crippen molar-refractivity contribution in [2.75, 3.05) is 5.32 Å². The monoisotopic (exact) mass is 439 g/mol. The number of nitrogens with one attached hydrogen (secondary N) is 1. The van der Waals surface area contributed by atoms with Gasteiger partial charge in [0.15, 0.2) is 5.82 Å². The molecule has 2 heterocycles. The van der Waals surface area contributed by atoms with Crippen molar-refractivity contribution in [2.45, 2.75) is 10.7 Å². The van der Waals surface area contributed by atoms with Crippen molar-refractivity contribution in [3.05, 3.63) is 78.8 Å². The molecule has 0 atom stereocenters. The van der Waals surface area contributed by atoms with E-state index in [1.807, 2.05) is 30.3 Å². The maximum atomic E-state index is 13.1. The molecule has 4 aromatic rings. The van der Waals surface area contributed by atoms with Gasteiger partial charge in [-0.25, -0.2) is 0 Å². The number of alkyl halides is 2. The van der Waals surface area contributed by atoms with Crippen LogP contribution in [0.3, 0.4) is 0 Å². The van der Waals surface area contributed by atoms with Crippen LogP contribution < -0.4 is 5.32 Å². The highest BCUT2D eigenvalue weighted by Gasteiger charge is 2.20. The standard InChI is InChI=1S/C21H15F2N5O2S/c22-21(23)31-17-10-8-15(9-11-17)24-20(29)18(13-16-7-4-12-30-16)28-19(25-26-27-28)14-5-2-1-3-6-14/h1-13,21H,(H,24,29). The predicted octanol–water partition coefficient (Wildman–Crippen LogP) is 4.88. The van der Waals surface area contributed by atoms with Crippen LogP contribution in [0.25, 0.3) is 23.2 Å². The number of carbonyl (C=O) groups is 1. The molecule has 2 aromatic carbocycles. The van der Waals surface area contributed by atoms with E-state index in [4.69, 9.17) is 4.42 Å². The zero-order valence-electron chi connectivity index (χ0n) is 15.9. The molecule has 156 valence electrons. The lowest BCUT2D eigenvalue weighted by Gasteiger charge is -2.11. The number of hydrogen-bond acceptors (Lipinski definition) is 6. The van der Waals surface area contributed by atoms with Crippen LogP contribution in [-0.4, -0.2) is 31.9 Å². The highest BCUT2D eigenvalue weighted by atomic mass is 32.2. The van der Waals surface area contributed by atoms with Crippen molar-refractivity contribution in [1.82, 2.24) is 20.2 Å². The van der Waals surface area contributed by atoms with Gasteiger partial charge in [0.1, 0.15) is 11.5 Å². The Labute approximate surface area is 179 Å². The largest absolute Gasteiger partial charge is 0.465 e. The fraction of sp³-hybridized carbons (Fsp3) is 0.0476. The molecule has 10 heteroatoms. The van der Waals surface area contributed by atoms with Crippen LogP contribution in [0.2, 0.25) is 0 Å². The van der Waals surface area contributed by atoms with Crippen LogP contribution in [0.15, 0.2) is 82.3 Å². The number of rotatable bonds is 7. The third kappa shape index (κ3) is 5.04. The van der Waals surface area contributed by atoms with Crippen LogP contribution in [0.4, 0.5) is 14.5 Å². The number of carbonyl (C=O) groups excluding carboxylic acids is 1. The van der Waals surface area contributed by atoms with Crippen LogP contribution in [-0.2, 0) is 4.79 Å². The molecule has 0 aliphatic carbocycles. The number of hydrogen-bond donors (Lipinski definition) is 1. The van der Waals surface area contributed by atoms with Gasteiger partial charge in [0.05, 0.1) is 6.26 Å². The molecule has 7 nitrogen and oxygen atoms in total. The summed E-state index contributed by atoms with van der Waals surface area (Å²) in [5, 5.41) is 14.5. The fourth-order valence-corrected chi connectivity index (χ4v) is 3.26. The first kappa shape index (κ1) is 20.5. The number of halogens is 2. The molecule has 1 N–H and O–H groups in total. The van der Waals surface area contributed by atoms with Crippen molar-refractivity contribution in [3.8, 4) is 11.4 Å². The summed E-state index contributed by atoms with van der Waals surface area (Å²) in [5.41, 5.74) is 1.27. The topological polar surface area (TPSA) is 85.8 Å². The molecule has 0 unspecified atom stereocenters. The Morgan fingerprint density at radius 3 is 2.52 bits per heavy atom. The molecule has 2 aromatic heterocycles. The van der Waals surface area contributed by atoms with Gasteiger partial charge in [0, 0.05) is 22.2 Å². The predicted molar refractivity (Wildman–Crippen MR) is 113 cm³/mol. The molecule has 0 bridgehead atoms. The normalized spacial score (nSPS) is 11.6. The van der Waals surface area contributed by atoms with Crippen LogP contribution in [0.5, 0.6) is 0 Å². The Hall–Kier alpha value is -3.79. The number of tetrazole rings is 1. The summed E-state index contributed by atoms with van der Waals surface area (Å²) in [6.45, 7) is 0. The minimum atomic E-state index is -2.51. The van der Waals surface area contributed by atoms with Gasteiger partial charge in [-0.2, -0.15) is 13.5 Å². The summed E-state index contributed by atoms with van der Waals surface area (Å²) in [6.07, 6.45) is 3.00. The second kappa shape index (κ2) is 9.35. The van der Waals surface area contributed by atoms with Crippen LogP contribution in [0.1, 0.15) is 5.76 Å². The van der Waals surface area contributed by atoms with E-state index in [1.165, 1.54) is 29.2 Å². The van der Waals surface area contributed by atoms with E-state index >= 15 is 0 Å². The lowest BCUT2D eigenvalue weighted by Crippen LogP contribution is -2.19. The molecular formula is C21H15F2N5O2S. The molecule has 0 spiro atoms.